The maximum atomic E-state index is 9.39. The molecule has 0 saturated heterocycles. The first kappa shape index (κ1) is 12.0. The van der Waals surface area contributed by atoms with Crippen LogP contribution < -0.4 is 5.32 Å². The molecule has 3 nitrogen and oxygen atoms in total. The summed E-state index contributed by atoms with van der Waals surface area (Å²) in [6.45, 7) is 1.15. The van der Waals surface area contributed by atoms with Crippen LogP contribution >= 0.6 is 11.3 Å². The van der Waals surface area contributed by atoms with Gasteiger partial charge in [-0.1, -0.05) is 19.3 Å². The molecule has 2 N–H and O–H groups in total. The molecule has 0 amide bonds. The van der Waals surface area contributed by atoms with Crippen LogP contribution in [-0.4, -0.2) is 22.7 Å². The van der Waals surface area contributed by atoms with E-state index in [-0.39, 0.29) is 0 Å². The van der Waals surface area contributed by atoms with Gasteiger partial charge in [0.2, 0.25) is 0 Å². The molecule has 0 spiro atoms. The Balaban J connectivity index is 1.85. The summed E-state index contributed by atoms with van der Waals surface area (Å²) in [6, 6.07) is 0.467. The van der Waals surface area contributed by atoms with E-state index in [9.17, 15) is 5.11 Å². The van der Waals surface area contributed by atoms with E-state index in [0.29, 0.717) is 18.6 Å². The molecule has 90 valence electrons. The van der Waals surface area contributed by atoms with E-state index in [4.69, 9.17) is 0 Å². The molecule has 2 rings (SSSR count). The highest BCUT2D eigenvalue weighted by atomic mass is 32.1. The van der Waals surface area contributed by atoms with Gasteiger partial charge in [0.1, 0.15) is 0 Å². The van der Waals surface area contributed by atoms with Gasteiger partial charge in [-0.05, 0) is 18.8 Å². The van der Waals surface area contributed by atoms with E-state index in [0.717, 1.165) is 18.7 Å². The smallest absolute Gasteiger partial charge is 0.0795 e. The monoisotopic (exact) mass is 240 g/mol. The fourth-order valence-corrected chi connectivity index (χ4v) is 2.99. The number of rotatable bonds is 4. The summed E-state index contributed by atoms with van der Waals surface area (Å²) in [4.78, 5) is 4.27. The molecule has 1 aromatic rings. The third kappa shape index (κ3) is 3.27. The van der Waals surface area contributed by atoms with Crippen molar-refractivity contribution in [3.05, 3.63) is 16.6 Å². The summed E-state index contributed by atoms with van der Waals surface area (Å²) < 4.78 is 0. The molecule has 1 heterocycles. The third-order valence-corrected chi connectivity index (χ3v) is 4.06. The first-order valence-electron chi connectivity index (χ1n) is 6.11. The van der Waals surface area contributed by atoms with Gasteiger partial charge in [0.05, 0.1) is 11.2 Å². The topological polar surface area (TPSA) is 45.1 Å². The number of nitrogens with zero attached hydrogens (tertiary/aromatic N) is 1. The van der Waals surface area contributed by atoms with Crippen LogP contribution in [0.3, 0.4) is 0 Å². The van der Waals surface area contributed by atoms with Gasteiger partial charge in [0, 0.05) is 24.6 Å². The number of aliphatic hydroxyl groups excluding tert-OH is 1. The Kier molecular flexibility index (Phi) is 4.75. The van der Waals surface area contributed by atoms with Crippen molar-refractivity contribution in [1.29, 1.82) is 0 Å². The zero-order valence-corrected chi connectivity index (χ0v) is 10.4. The molecule has 1 saturated carbocycles. The first-order valence-corrected chi connectivity index (χ1v) is 7.05. The normalized spacial score (nSPS) is 26.6. The van der Waals surface area contributed by atoms with Crippen LogP contribution in [0.1, 0.15) is 37.8 Å². The molecule has 2 unspecified atom stereocenters. The maximum absolute atomic E-state index is 9.39. The lowest BCUT2D eigenvalue weighted by Crippen LogP contribution is -2.36. The lowest BCUT2D eigenvalue weighted by atomic mass is 9.95. The molecule has 1 aromatic heterocycles. The Morgan fingerprint density at radius 3 is 3.00 bits per heavy atom. The molecule has 1 fully saturated rings. The number of hydrogen-bond acceptors (Lipinski definition) is 4. The summed E-state index contributed by atoms with van der Waals surface area (Å²) in [5, 5.41) is 15.0. The van der Waals surface area contributed by atoms with E-state index >= 15 is 0 Å². The van der Waals surface area contributed by atoms with E-state index in [2.05, 4.69) is 15.7 Å². The molecule has 0 radical (unpaired) electrons. The molecule has 0 aromatic carbocycles. The highest BCUT2D eigenvalue weighted by Gasteiger charge is 2.22. The van der Waals surface area contributed by atoms with Gasteiger partial charge < -0.3 is 10.4 Å². The Labute approximate surface area is 101 Å². The van der Waals surface area contributed by atoms with Crippen LogP contribution in [0.2, 0.25) is 0 Å². The van der Waals surface area contributed by atoms with Crippen molar-refractivity contribution >= 4 is 11.3 Å². The quantitative estimate of drug-likeness (QED) is 0.793. The maximum Gasteiger partial charge on any atom is 0.0795 e. The van der Waals surface area contributed by atoms with Crippen molar-refractivity contribution in [2.75, 3.05) is 6.61 Å². The lowest BCUT2D eigenvalue weighted by Gasteiger charge is -2.24. The molecular weight excluding hydrogens is 220 g/mol. The van der Waals surface area contributed by atoms with Gasteiger partial charge in [-0.2, -0.15) is 0 Å². The Bertz CT molecular complexity index is 289. The zero-order valence-electron chi connectivity index (χ0n) is 9.56. The van der Waals surface area contributed by atoms with Crippen LogP contribution in [0.25, 0.3) is 0 Å². The Morgan fingerprint density at radius 2 is 2.25 bits per heavy atom. The third-order valence-electron chi connectivity index (χ3n) is 3.42. The fraction of sp³-hybridized carbons (Fsp3) is 0.750. The number of thiazole rings is 1. The average Bonchev–Trinajstić information content (AvgIpc) is 2.71. The van der Waals surface area contributed by atoms with E-state index in [1.165, 1.54) is 25.7 Å². The summed E-state index contributed by atoms with van der Waals surface area (Å²) in [5.41, 5.74) is 2.99. The summed E-state index contributed by atoms with van der Waals surface area (Å²) in [5.74, 6) is 0.432. The van der Waals surface area contributed by atoms with Crippen LogP contribution in [0.5, 0.6) is 0 Å². The van der Waals surface area contributed by atoms with Gasteiger partial charge in [-0.25, -0.2) is 4.98 Å². The van der Waals surface area contributed by atoms with E-state index in [1.54, 1.807) is 11.3 Å². The molecule has 2 atom stereocenters. The minimum absolute atomic E-state index is 0.314. The first-order chi connectivity index (χ1) is 7.90. The Hall–Kier alpha value is -0.450. The second-order valence-electron chi connectivity index (χ2n) is 4.55. The van der Waals surface area contributed by atoms with Gasteiger partial charge in [-0.3, -0.25) is 0 Å². The SMILES string of the molecule is OCC1CCCCCC1NCc1cscn1. The van der Waals surface area contributed by atoms with Crippen molar-refractivity contribution in [3.63, 3.8) is 0 Å². The molecule has 0 bridgehead atoms. The number of nitrogens with one attached hydrogen (secondary N) is 1. The second kappa shape index (κ2) is 6.33. The molecule has 1 aliphatic carbocycles. The standard InChI is InChI=1S/C12H20N2OS/c15-7-10-4-2-1-3-5-12(10)13-6-11-8-16-9-14-11/h8-10,12-13,15H,1-7H2. The number of hydrogen-bond donors (Lipinski definition) is 2. The molecule has 1 aliphatic rings. The molecule has 16 heavy (non-hydrogen) atoms. The van der Waals surface area contributed by atoms with Crippen LogP contribution in [0.4, 0.5) is 0 Å². The van der Waals surface area contributed by atoms with E-state index in [1.807, 2.05) is 5.51 Å². The van der Waals surface area contributed by atoms with E-state index < -0.39 is 0 Å². The lowest BCUT2D eigenvalue weighted by molar-refractivity contribution is 0.181. The van der Waals surface area contributed by atoms with Gasteiger partial charge in [-0.15, -0.1) is 11.3 Å². The van der Waals surface area contributed by atoms with Crippen molar-refractivity contribution in [1.82, 2.24) is 10.3 Å². The fourth-order valence-electron chi connectivity index (χ4n) is 2.43. The van der Waals surface area contributed by atoms with Gasteiger partial charge in [0.15, 0.2) is 0 Å². The Morgan fingerprint density at radius 1 is 1.38 bits per heavy atom. The van der Waals surface area contributed by atoms with Gasteiger partial charge >= 0.3 is 0 Å². The van der Waals surface area contributed by atoms with Crippen LogP contribution in [0.15, 0.2) is 10.9 Å². The summed E-state index contributed by atoms with van der Waals surface area (Å²) in [7, 11) is 0. The summed E-state index contributed by atoms with van der Waals surface area (Å²) in [6.07, 6.45) is 6.21. The van der Waals surface area contributed by atoms with Crippen LogP contribution in [-0.2, 0) is 6.54 Å². The minimum Gasteiger partial charge on any atom is -0.396 e. The largest absolute Gasteiger partial charge is 0.396 e. The predicted octanol–water partition coefficient (Wildman–Crippen LogP) is 2.17. The number of aromatic nitrogens is 1. The zero-order chi connectivity index (χ0) is 11.2. The molecule has 0 aliphatic heterocycles. The number of aliphatic hydroxyl groups is 1. The van der Waals surface area contributed by atoms with Crippen LogP contribution in [0, 0.1) is 5.92 Å². The average molecular weight is 240 g/mol. The second-order valence-corrected chi connectivity index (χ2v) is 5.27. The van der Waals surface area contributed by atoms with Crippen molar-refractivity contribution in [3.8, 4) is 0 Å². The van der Waals surface area contributed by atoms with Crippen molar-refractivity contribution in [2.45, 2.75) is 44.7 Å². The van der Waals surface area contributed by atoms with Crippen molar-refractivity contribution < 1.29 is 5.11 Å². The highest BCUT2D eigenvalue weighted by Crippen LogP contribution is 2.23. The summed E-state index contributed by atoms with van der Waals surface area (Å²) >= 11 is 1.64. The van der Waals surface area contributed by atoms with Gasteiger partial charge in [0.25, 0.3) is 0 Å². The molecular formula is C12H20N2OS. The molecule has 4 heteroatoms. The van der Waals surface area contributed by atoms with Crippen molar-refractivity contribution in [2.24, 2.45) is 5.92 Å². The highest BCUT2D eigenvalue weighted by molar-refractivity contribution is 7.07. The minimum atomic E-state index is 0.314. The predicted molar refractivity (Wildman–Crippen MR) is 66.4 cm³/mol.